The zero-order valence-corrected chi connectivity index (χ0v) is 12.6. The van der Waals surface area contributed by atoms with Crippen molar-refractivity contribution in [3.63, 3.8) is 0 Å². The molecule has 3 rings (SSSR count). The summed E-state index contributed by atoms with van der Waals surface area (Å²) < 4.78 is 1.80. The maximum Gasteiger partial charge on any atom is 0.337 e. The fourth-order valence-corrected chi connectivity index (χ4v) is 2.72. The van der Waals surface area contributed by atoms with E-state index in [0.29, 0.717) is 15.4 Å². The molecule has 106 valence electrons. The first-order valence-corrected chi connectivity index (χ1v) is 7.01. The van der Waals surface area contributed by atoms with E-state index < -0.39 is 5.97 Å². The van der Waals surface area contributed by atoms with Crippen molar-refractivity contribution in [3.8, 4) is 11.1 Å². The second-order valence-corrected chi connectivity index (χ2v) is 5.63. The van der Waals surface area contributed by atoms with E-state index in [4.69, 9.17) is 23.2 Å². The molecule has 0 fully saturated rings. The lowest BCUT2D eigenvalue weighted by molar-refractivity contribution is 0.0699. The highest BCUT2D eigenvalue weighted by Crippen LogP contribution is 2.31. The number of hydrogen-bond donors (Lipinski definition) is 1. The van der Waals surface area contributed by atoms with Gasteiger partial charge in [0.1, 0.15) is 0 Å². The molecule has 0 aliphatic rings. The average Bonchev–Trinajstić information content (AvgIpc) is 2.79. The minimum absolute atomic E-state index is 0.286. The second kappa shape index (κ2) is 5.10. The number of fused-ring (bicyclic) bond motifs is 1. The Labute approximate surface area is 131 Å². The lowest BCUT2D eigenvalue weighted by Crippen LogP contribution is -1.94. The Morgan fingerprint density at radius 3 is 2.38 bits per heavy atom. The number of halogens is 2. The molecule has 0 saturated heterocycles. The van der Waals surface area contributed by atoms with Crippen LogP contribution in [0.1, 0.15) is 10.4 Å². The highest BCUT2D eigenvalue weighted by atomic mass is 35.5. The number of carboxylic acid groups (broad SMARTS) is 1. The molecule has 2 aromatic carbocycles. The Hall–Kier alpha value is -1.97. The van der Waals surface area contributed by atoms with Gasteiger partial charge in [-0.05, 0) is 35.4 Å². The summed E-state index contributed by atoms with van der Waals surface area (Å²) in [6, 6.07) is 11.1. The van der Waals surface area contributed by atoms with E-state index in [1.165, 1.54) is 0 Å². The van der Waals surface area contributed by atoms with Crippen molar-refractivity contribution in [3.05, 3.63) is 58.2 Å². The van der Waals surface area contributed by atoms with Crippen LogP contribution in [0.15, 0.2) is 42.6 Å². The molecule has 1 aromatic heterocycles. The number of aryl methyl sites for hydroxylation is 1. The molecule has 0 unspecified atom stereocenters. The van der Waals surface area contributed by atoms with Crippen LogP contribution in [-0.2, 0) is 7.05 Å². The van der Waals surface area contributed by atoms with Crippen molar-refractivity contribution in [1.82, 2.24) is 4.57 Å². The van der Waals surface area contributed by atoms with E-state index in [1.807, 2.05) is 31.3 Å². The van der Waals surface area contributed by atoms with E-state index in [9.17, 15) is 9.90 Å². The minimum atomic E-state index is -0.938. The topological polar surface area (TPSA) is 42.2 Å². The first-order valence-electron chi connectivity index (χ1n) is 6.25. The Morgan fingerprint density at radius 1 is 1.05 bits per heavy atom. The minimum Gasteiger partial charge on any atom is -0.478 e. The molecule has 0 bridgehead atoms. The molecule has 0 spiro atoms. The summed E-state index contributed by atoms with van der Waals surface area (Å²) in [5.41, 5.74) is 2.95. The van der Waals surface area contributed by atoms with Crippen molar-refractivity contribution in [2.75, 3.05) is 0 Å². The number of aromatic carboxylic acids is 1. The third kappa shape index (κ3) is 2.39. The molecule has 0 aliphatic carbocycles. The van der Waals surface area contributed by atoms with Crippen LogP contribution in [0.25, 0.3) is 22.0 Å². The summed E-state index contributed by atoms with van der Waals surface area (Å²) in [5.74, 6) is -0.938. The lowest BCUT2D eigenvalue weighted by atomic mass is 10.0. The van der Waals surface area contributed by atoms with Crippen molar-refractivity contribution < 1.29 is 9.90 Å². The van der Waals surface area contributed by atoms with Crippen LogP contribution in [0, 0.1) is 0 Å². The quantitative estimate of drug-likeness (QED) is 0.733. The van der Waals surface area contributed by atoms with Crippen molar-refractivity contribution in [2.24, 2.45) is 7.05 Å². The summed E-state index contributed by atoms with van der Waals surface area (Å²) in [4.78, 5) is 11.3. The standard InChI is InChI=1S/C16H11Cl2NO2/c1-19-8-12(16(20)21)11-6-9(3-5-15(11)19)10-2-4-13(17)14(18)7-10/h2-8H,1H3,(H,20,21). The van der Waals surface area contributed by atoms with Crippen LogP contribution < -0.4 is 0 Å². The van der Waals surface area contributed by atoms with E-state index in [1.54, 1.807) is 22.9 Å². The molecule has 1 N–H and O–H groups in total. The van der Waals surface area contributed by atoms with E-state index in [2.05, 4.69) is 0 Å². The average molecular weight is 320 g/mol. The van der Waals surface area contributed by atoms with Crippen molar-refractivity contribution in [2.45, 2.75) is 0 Å². The zero-order chi connectivity index (χ0) is 15.1. The third-order valence-corrected chi connectivity index (χ3v) is 4.21. The van der Waals surface area contributed by atoms with Crippen LogP contribution in [0.2, 0.25) is 10.0 Å². The first-order chi connectivity index (χ1) is 9.97. The number of carbonyl (C=O) groups is 1. The number of nitrogens with zero attached hydrogens (tertiary/aromatic N) is 1. The van der Waals surface area contributed by atoms with Gasteiger partial charge >= 0.3 is 5.97 Å². The largest absolute Gasteiger partial charge is 0.478 e. The second-order valence-electron chi connectivity index (χ2n) is 4.82. The van der Waals surface area contributed by atoms with Crippen molar-refractivity contribution >= 4 is 40.1 Å². The van der Waals surface area contributed by atoms with Crippen LogP contribution in [0.5, 0.6) is 0 Å². The van der Waals surface area contributed by atoms with Gasteiger partial charge in [0.25, 0.3) is 0 Å². The third-order valence-electron chi connectivity index (χ3n) is 3.47. The molecule has 1 heterocycles. The normalized spacial score (nSPS) is 11.0. The van der Waals surface area contributed by atoms with Crippen LogP contribution in [-0.4, -0.2) is 15.6 Å². The molecule has 0 saturated carbocycles. The van der Waals surface area contributed by atoms with Gasteiger partial charge < -0.3 is 9.67 Å². The summed E-state index contributed by atoms with van der Waals surface area (Å²) in [6.45, 7) is 0. The highest BCUT2D eigenvalue weighted by Gasteiger charge is 2.13. The van der Waals surface area contributed by atoms with Crippen LogP contribution in [0.3, 0.4) is 0 Å². The van der Waals surface area contributed by atoms with Gasteiger partial charge in [0, 0.05) is 24.1 Å². The predicted molar refractivity (Wildman–Crippen MR) is 85.3 cm³/mol. The van der Waals surface area contributed by atoms with Gasteiger partial charge in [0.05, 0.1) is 15.6 Å². The molecule has 0 amide bonds. The van der Waals surface area contributed by atoms with E-state index in [0.717, 1.165) is 16.6 Å². The van der Waals surface area contributed by atoms with E-state index in [-0.39, 0.29) is 5.56 Å². The lowest BCUT2D eigenvalue weighted by Gasteiger charge is -2.05. The molecule has 0 radical (unpaired) electrons. The first kappa shape index (κ1) is 14.0. The molecule has 3 aromatic rings. The molecular formula is C16H11Cl2NO2. The van der Waals surface area contributed by atoms with Crippen LogP contribution in [0.4, 0.5) is 0 Å². The zero-order valence-electron chi connectivity index (χ0n) is 11.1. The van der Waals surface area contributed by atoms with Gasteiger partial charge in [0.15, 0.2) is 0 Å². The maximum atomic E-state index is 11.3. The van der Waals surface area contributed by atoms with Gasteiger partial charge in [-0.1, -0.05) is 35.3 Å². The Bertz CT molecular complexity index is 868. The van der Waals surface area contributed by atoms with Gasteiger partial charge in [-0.2, -0.15) is 0 Å². The monoisotopic (exact) mass is 319 g/mol. The number of hydrogen-bond acceptors (Lipinski definition) is 1. The SMILES string of the molecule is Cn1cc(C(=O)O)c2cc(-c3ccc(Cl)c(Cl)c3)ccc21. The fourth-order valence-electron chi connectivity index (χ4n) is 2.42. The summed E-state index contributed by atoms with van der Waals surface area (Å²) >= 11 is 12.0. The number of rotatable bonds is 2. The molecule has 0 aliphatic heterocycles. The van der Waals surface area contributed by atoms with E-state index >= 15 is 0 Å². The van der Waals surface area contributed by atoms with Crippen molar-refractivity contribution in [1.29, 1.82) is 0 Å². The highest BCUT2D eigenvalue weighted by molar-refractivity contribution is 6.42. The summed E-state index contributed by atoms with van der Waals surface area (Å²) in [7, 11) is 1.83. The Kier molecular flexibility index (Phi) is 3.40. The summed E-state index contributed by atoms with van der Waals surface area (Å²) in [6.07, 6.45) is 1.62. The van der Waals surface area contributed by atoms with Gasteiger partial charge in [-0.3, -0.25) is 0 Å². The Morgan fingerprint density at radius 2 is 1.71 bits per heavy atom. The number of benzene rings is 2. The van der Waals surface area contributed by atoms with Gasteiger partial charge in [-0.25, -0.2) is 4.79 Å². The Balaban J connectivity index is 2.22. The number of aromatic nitrogens is 1. The summed E-state index contributed by atoms with van der Waals surface area (Å²) in [5, 5.41) is 11.0. The molecule has 3 nitrogen and oxygen atoms in total. The fraction of sp³-hybridized carbons (Fsp3) is 0.0625. The molecule has 0 atom stereocenters. The predicted octanol–water partition coefficient (Wildman–Crippen LogP) is 4.85. The van der Waals surface area contributed by atoms with Gasteiger partial charge in [0.2, 0.25) is 0 Å². The molecule has 21 heavy (non-hydrogen) atoms. The number of carboxylic acids is 1. The molecule has 5 heteroatoms. The van der Waals surface area contributed by atoms with Crippen LogP contribution >= 0.6 is 23.2 Å². The molecular weight excluding hydrogens is 309 g/mol. The van der Waals surface area contributed by atoms with Gasteiger partial charge in [-0.15, -0.1) is 0 Å². The maximum absolute atomic E-state index is 11.3. The smallest absolute Gasteiger partial charge is 0.337 e.